The molecular weight excluding hydrogens is 941 g/mol. The van der Waals surface area contributed by atoms with E-state index in [0.29, 0.717) is 49.4 Å². The molecule has 9 rings (SSSR count). The second-order valence-corrected chi connectivity index (χ2v) is 21.5. The van der Waals surface area contributed by atoms with Crippen molar-refractivity contribution >= 4 is 58.5 Å². The number of likely N-dealkylation sites (tertiary alicyclic amines) is 1. The maximum atomic E-state index is 13.4. The van der Waals surface area contributed by atoms with E-state index in [4.69, 9.17) is 0 Å². The van der Waals surface area contributed by atoms with Crippen molar-refractivity contribution in [3.05, 3.63) is 83.4 Å². The van der Waals surface area contributed by atoms with Gasteiger partial charge < -0.3 is 31.1 Å². The van der Waals surface area contributed by atoms with Crippen LogP contribution in [-0.4, -0.2) is 134 Å². The Morgan fingerprint density at radius 3 is 2.35 bits per heavy atom. The highest BCUT2D eigenvalue weighted by Gasteiger charge is 2.46. The number of rotatable bonds is 22. The third kappa shape index (κ3) is 13.0. The van der Waals surface area contributed by atoms with E-state index in [0.717, 1.165) is 119 Å². The van der Waals surface area contributed by atoms with Crippen molar-refractivity contribution in [3.63, 3.8) is 0 Å². The van der Waals surface area contributed by atoms with Gasteiger partial charge >= 0.3 is 0 Å². The lowest BCUT2D eigenvalue weighted by Gasteiger charge is -2.48. The molecule has 4 aromatic rings. The largest absolute Gasteiger partial charge is 0.379 e. The average molecular weight is 1010 g/mol. The summed E-state index contributed by atoms with van der Waals surface area (Å²) >= 11 is 0. The Morgan fingerprint density at radius 1 is 0.797 bits per heavy atom. The number of hydrogen-bond acceptors (Lipinski definition) is 15. The molecule has 0 radical (unpaired) electrons. The summed E-state index contributed by atoms with van der Waals surface area (Å²) in [4.78, 5) is 93.3. The smallest absolute Gasteiger partial charge is 0.264 e. The second-order valence-electron chi connectivity index (χ2n) is 21.5. The molecular formula is C54H72N14O6. The van der Waals surface area contributed by atoms with Crippen LogP contribution < -0.4 is 36.4 Å². The predicted octanol–water partition coefficient (Wildman–Crippen LogP) is 5.03. The number of piperazine rings is 1. The van der Waals surface area contributed by atoms with Gasteiger partial charge in [-0.05, 0) is 99.7 Å². The van der Waals surface area contributed by atoms with Gasteiger partial charge in [0.2, 0.25) is 23.6 Å². The lowest BCUT2D eigenvalue weighted by Crippen LogP contribution is -2.66. The zero-order valence-electron chi connectivity index (χ0n) is 43.0. The van der Waals surface area contributed by atoms with Crippen LogP contribution in [0.3, 0.4) is 0 Å². The maximum absolute atomic E-state index is 13.4. The molecule has 1 spiro atoms. The summed E-state index contributed by atoms with van der Waals surface area (Å²) < 4.78 is 1.80. The van der Waals surface area contributed by atoms with E-state index in [1.807, 2.05) is 12.3 Å². The third-order valence-corrected chi connectivity index (χ3v) is 15.4. The van der Waals surface area contributed by atoms with Crippen LogP contribution in [0.4, 0.5) is 23.0 Å². The minimum Gasteiger partial charge on any atom is -0.379 e. The van der Waals surface area contributed by atoms with Crippen LogP contribution in [0.5, 0.6) is 0 Å². The number of benzene rings is 2. The fourth-order valence-corrected chi connectivity index (χ4v) is 10.9. The number of aromatic nitrogens is 5. The van der Waals surface area contributed by atoms with Crippen LogP contribution in [0, 0.1) is 5.41 Å². The number of nitrogens with one attached hydrogen (secondary N) is 5. The van der Waals surface area contributed by atoms with Crippen molar-refractivity contribution in [1.82, 2.24) is 50.7 Å². The number of carbonyl (C=O) groups is 6. The van der Waals surface area contributed by atoms with E-state index in [1.165, 1.54) is 18.4 Å². The highest BCUT2D eigenvalue weighted by Crippen LogP contribution is 2.35. The first-order valence-corrected chi connectivity index (χ1v) is 26.7. The number of imide groups is 2. The molecule has 2 aromatic carbocycles. The molecule has 74 heavy (non-hydrogen) atoms. The van der Waals surface area contributed by atoms with E-state index in [9.17, 15) is 28.8 Å². The van der Waals surface area contributed by atoms with Gasteiger partial charge in [0.05, 0.1) is 36.0 Å². The molecule has 1 atom stereocenters. The molecule has 4 fully saturated rings. The van der Waals surface area contributed by atoms with Crippen molar-refractivity contribution in [2.45, 2.75) is 135 Å². The Labute approximate surface area is 433 Å². The molecule has 4 saturated heterocycles. The number of piperidine rings is 3. The maximum Gasteiger partial charge on any atom is 0.264 e. The van der Waals surface area contributed by atoms with Crippen LogP contribution in [0.2, 0.25) is 0 Å². The number of unbranched alkanes of at least 4 members (excludes halogenated alkanes) is 5. The zero-order chi connectivity index (χ0) is 51.7. The summed E-state index contributed by atoms with van der Waals surface area (Å²) in [5.41, 5.74) is 4.13. The number of aryl methyl sites for hydroxylation is 1. The van der Waals surface area contributed by atoms with Gasteiger partial charge in [-0.2, -0.15) is 0 Å². The van der Waals surface area contributed by atoms with Crippen LogP contribution >= 0.6 is 0 Å². The number of hydrogen-bond donors (Lipinski definition) is 5. The summed E-state index contributed by atoms with van der Waals surface area (Å²) in [5.74, 6) is -0.420. The summed E-state index contributed by atoms with van der Waals surface area (Å²) in [5, 5.41) is 23.7. The van der Waals surface area contributed by atoms with Gasteiger partial charge in [0.25, 0.3) is 11.8 Å². The molecule has 5 aliphatic rings. The molecule has 20 heteroatoms. The molecule has 5 aliphatic heterocycles. The van der Waals surface area contributed by atoms with Crippen molar-refractivity contribution in [2.24, 2.45) is 5.41 Å². The highest BCUT2D eigenvalue weighted by atomic mass is 16.2. The van der Waals surface area contributed by atoms with Crippen LogP contribution in [-0.2, 0) is 38.8 Å². The van der Waals surface area contributed by atoms with Crippen molar-refractivity contribution in [2.75, 3.05) is 72.8 Å². The third-order valence-electron chi connectivity index (χ3n) is 15.4. The minimum absolute atomic E-state index is 0.0590. The first-order chi connectivity index (χ1) is 35.8. The molecule has 0 saturated carbocycles. The molecule has 20 nitrogen and oxygen atoms in total. The summed E-state index contributed by atoms with van der Waals surface area (Å²) in [6.45, 7) is 13.0. The highest BCUT2D eigenvalue weighted by molar-refractivity contribution is 6.25. The van der Waals surface area contributed by atoms with Crippen LogP contribution in [0.15, 0.2) is 61.1 Å². The van der Waals surface area contributed by atoms with Gasteiger partial charge in [-0.1, -0.05) is 62.9 Å². The van der Waals surface area contributed by atoms with Gasteiger partial charge in [0.1, 0.15) is 29.7 Å². The standard InChI is InChI=1S/C54H72N14O6/c1-53(2)20-27-64(28-21-53)33-38-14-16-40(17-15-38)66-35-48(71)61-54(36-66)22-29-65(30-23-54)45-31-44(58-37-59-45)55-24-10-25-56-46(69)13-7-5-3-4-6-8-26-67-34-39(62-63-67)32-57-42-12-9-11-41-49(42)52(74)68(51(41)73)43-18-19-47(70)60-50(43)72/h9,11-12,14-17,31,34,37,43,57H,3-8,10,13,18-30,32-33,35-36H2,1-2H3,(H,56,69)(H,61,71)(H,55,58,59)(H,60,70,72). The molecule has 2 aromatic heterocycles. The summed E-state index contributed by atoms with van der Waals surface area (Å²) in [7, 11) is 0. The van der Waals surface area contributed by atoms with Gasteiger partial charge in [0, 0.05) is 76.1 Å². The normalized spacial score (nSPS) is 19.6. The molecule has 7 heterocycles. The van der Waals surface area contributed by atoms with E-state index < -0.39 is 29.7 Å². The fourth-order valence-electron chi connectivity index (χ4n) is 10.9. The minimum atomic E-state index is -1.03. The lowest BCUT2D eigenvalue weighted by atomic mass is 9.82. The Bertz CT molecular complexity index is 2650. The van der Waals surface area contributed by atoms with Crippen molar-refractivity contribution in [1.29, 1.82) is 0 Å². The SMILES string of the molecule is CC1(C)CCN(Cc2ccc(N3CC(=O)NC4(CCN(c5cc(NCCCNC(=O)CCCCCCCCn6cc(CNc7cccc8c7C(=O)N(C7CCC(=O)NC7=O)C8=O)nn6)ncn5)CC4)C3)cc2)CC1. The fraction of sp³-hybridized carbons (Fsp3) is 0.556. The average Bonchev–Trinajstić information content (AvgIpc) is 3.95. The molecule has 394 valence electrons. The number of fused-ring (bicyclic) bond motifs is 1. The van der Waals surface area contributed by atoms with Crippen molar-refractivity contribution < 1.29 is 28.8 Å². The molecule has 0 aliphatic carbocycles. The van der Waals surface area contributed by atoms with Gasteiger partial charge in [-0.15, -0.1) is 5.10 Å². The topological polar surface area (TPSA) is 232 Å². The van der Waals surface area contributed by atoms with Gasteiger partial charge in [0.15, 0.2) is 0 Å². The van der Waals surface area contributed by atoms with E-state index >= 15 is 0 Å². The number of carbonyl (C=O) groups excluding carboxylic acids is 6. The molecule has 6 amide bonds. The Hall–Kier alpha value is -6.96. The van der Waals surface area contributed by atoms with Gasteiger partial charge in [-0.25, -0.2) is 9.97 Å². The van der Waals surface area contributed by atoms with Crippen LogP contribution in [0.1, 0.15) is 136 Å². The molecule has 1 unspecified atom stereocenters. The Balaban J connectivity index is 0.604. The van der Waals surface area contributed by atoms with Gasteiger partial charge in [-0.3, -0.25) is 48.6 Å². The summed E-state index contributed by atoms with van der Waals surface area (Å²) in [6.07, 6.45) is 14.9. The second kappa shape index (κ2) is 23.5. The van der Waals surface area contributed by atoms with Crippen LogP contribution in [0.25, 0.3) is 0 Å². The molecule has 0 bridgehead atoms. The first kappa shape index (κ1) is 51.9. The number of nitrogens with zero attached hydrogens (tertiary/aromatic N) is 9. The number of anilines is 4. The van der Waals surface area contributed by atoms with E-state index in [2.05, 4.69) is 99.7 Å². The monoisotopic (exact) mass is 1010 g/mol. The summed E-state index contributed by atoms with van der Waals surface area (Å²) in [6, 6.07) is 14.7. The van der Waals surface area contributed by atoms with E-state index in [1.54, 1.807) is 29.2 Å². The zero-order valence-corrected chi connectivity index (χ0v) is 43.0. The first-order valence-electron chi connectivity index (χ1n) is 26.7. The van der Waals surface area contributed by atoms with Crippen molar-refractivity contribution in [3.8, 4) is 0 Å². The molecule has 5 N–H and O–H groups in total. The Kier molecular flexibility index (Phi) is 16.5. The number of amides is 6. The predicted molar refractivity (Wildman–Crippen MR) is 280 cm³/mol. The Morgan fingerprint density at radius 2 is 1.57 bits per heavy atom. The van der Waals surface area contributed by atoms with E-state index in [-0.39, 0.29) is 47.9 Å². The quantitative estimate of drug-likeness (QED) is 0.0514. The lowest BCUT2D eigenvalue weighted by molar-refractivity contribution is -0.136.